The Hall–Kier alpha value is -5.28. The van der Waals surface area contributed by atoms with Crippen LogP contribution in [0.1, 0.15) is 36.6 Å². The fraction of sp³-hybridized carbons (Fsp3) is 0.0968. The van der Waals surface area contributed by atoms with Gasteiger partial charge in [-0.1, -0.05) is 22.0 Å². The number of halogens is 2. The molecule has 236 valence electrons. The molecule has 0 atom stereocenters. The molecule has 0 saturated heterocycles. The van der Waals surface area contributed by atoms with E-state index in [1.807, 2.05) is 0 Å². The highest BCUT2D eigenvalue weighted by atomic mass is 79.9. The monoisotopic (exact) mass is 754 g/mol. The van der Waals surface area contributed by atoms with E-state index in [0.717, 1.165) is 0 Å². The van der Waals surface area contributed by atoms with Gasteiger partial charge in [-0.25, -0.2) is 10.2 Å². The summed E-state index contributed by atoms with van der Waals surface area (Å²) >= 11 is 6.79. The van der Waals surface area contributed by atoms with Gasteiger partial charge in [-0.2, -0.15) is 5.10 Å². The quantitative estimate of drug-likeness (QED) is 0.0580. The highest BCUT2D eigenvalue weighted by molar-refractivity contribution is 9.11. The number of anilines is 1. The molecule has 0 saturated carbocycles. The predicted octanol–water partition coefficient (Wildman–Crippen LogP) is 6.38. The molecule has 13 nitrogen and oxygen atoms in total. The van der Waals surface area contributed by atoms with Crippen LogP contribution in [-0.4, -0.2) is 50.3 Å². The van der Waals surface area contributed by atoms with Crippen LogP contribution in [0, 0.1) is 10.1 Å². The number of rotatable bonds is 11. The molecule has 0 heterocycles. The number of nitro groups is 1. The maximum Gasteiger partial charge on any atom is 0.343 e. The van der Waals surface area contributed by atoms with Crippen LogP contribution in [0.25, 0.3) is 0 Å². The van der Waals surface area contributed by atoms with Crippen molar-refractivity contribution < 1.29 is 38.3 Å². The minimum Gasteiger partial charge on any atom is -0.493 e. The summed E-state index contributed by atoms with van der Waals surface area (Å²) in [6.07, 6.45) is 1.30. The van der Waals surface area contributed by atoms with E-state index in [1.165, 1.54) is 76.1 Å². The SMILES string of the molecule is COc1cc(C(=O)Oc2c(Br)cc(Br)cc2C=NNC(=O)c2cccc(NC(=O)c3ccc([N+](=O)[O-])cc3)c2)cc(OC)c1OC. The lowest BCUT2D eigenvalue weighted by Crippen LogP contribution is -2.18. The molecule has 0 aliphatic heterocycles. The highest BCUT2D eigenvalue weighted by Crippen LogP contribution is 2.39. The predicted molar refractivity (Wildman–Crippen MR) is 175 cm³/mol. The van der Waals surface area contributed by atoms with Crippen LogP contribution in [-0.2, 0) is 0 Å². The zero-order chi connectivity index (χ0) is 33.4. The molecule has 0 unspecified atom stereocenters. The molecule has 0 bridgehead atoms. The number of hydrogen-bond donors (Lipinski definition) is 2. The number of nitro benzene ring substituents is 1. The van der Waals surface area contributed by atoms with Crippen LogP contribution >= 0.6 is 31.9 Å². The van der Waals surface area contributed by atoms with E-state index in [4.69, 9.17) is 18.9 Å². The minimum absolute atomic E-state index is 0.121. The first kappa shape index (κ1) is 33.6. The number of amides is 2. The normalized spacial score (nSPS) is 10.6. The van der Waals surface area contributed by atoms with Gasteiger partial charge in [-0.15, -0.1) is 0 Å². The Kier molecular flexibility index (Phi) is 11.1. The van der Waals surface area contributed by atoms with Crippen molar-refractivity contribution in [3.05, 3.63) is 114 Å². The second-order valence-corrected chi connectivity index (χ2v) is 10.9. The van der Waals surface area contributed by atoms with Crippen LogP contribution in [0.2, 0.25) is 0 Å². The van der Waals surface area contributed by atoms with Crippen molar-refractivity contribution in [1.29, 1.82) is 0 Å². The molecule has 0 spiro atoms. The van der Waals surface area contributed by atoms with E-state index < -0.39 is 22.7 Å². The molecule has 0 radical (unpaired) electrons. The number of nitrogens with zero attached hydrogens (tertiary/aromatic N) is 2. The standard InChI is InChI=1S/C31H24Br2N4O9/c1-43-25-13-19(14-26(44-2)28(25)45-3)31(40)46-27-20(11-21(32)15-24(27)33)16-34-36-30(39)18-5-4-6-22(12-18)35-29(38)17-7-9-23(10-8-17)37(41)42/h4-16H,1-3H3,(H,35,38)(H,36,39). The molecule has 46 heavy (non-hydrogen) atoms. The third-order valence-corrected chi connectivity index (χ3v) is 7.27. The molecule has 4 aromatic carbocycles. The number of carbonyl (C=O) groups is 3. The number of hydrazone groups is 1. The van der Waals surface area contributed by atoms with Crippen molar-refractivity contribution in [2.45, 2.75) is 0 Å². The Bertz CT molecular complexity index is 1820. The molecule has 4 rings (SSSR count). The fourth-order valence-corrected chi connectivity index (χ4v) is 5.37. The fourth-order valence-electron chi connectivity index (χ4n) is 4.04. The van der Waals surface area contributed by atoms with E-state index in [0.29, 0.717) is 25.9 Å². The summed E-state index contributed by atoms with van der Waals surface area (Å²) in [5.74, 6) is -0.866. The van der Waals surface area contributed by atoms with Gasteiger partial charge in [0.05, 0.1) is 42.5 Å². The van der Waals surface area contributed by atoms with Crippen LogP contribution in [0.15, 0.2) is 86.8 Å². The smallest absolute Gasteiger partial charge is 0.343 e. The summed E-state index contributed by atoms with van der Waals surface area (Å²) < 4.78 is 22.7. The van der Waals surface area contributed by atoms with Gasteiger partial charge in [-0.05, 0) is 70.5 Å². The summed E-state index contributed by atoms with van der Waals surface area (Å²) in [6.45, 7) is 0. The summed E-state index contributed by atoms with van der Waals surface area (Å²) in [5, 5.41) is 17.5. The lowest BCUT2D eigenvalue weighted by atomic mass is 10.1. The van der Waals surface area contributed by atoms with Crippen LogP contribution in [0.5, 0.6) is 23.0 Å². The summed E-state index contributed by atoms with van der Waals surface area (Å²) in [5.41, 5.74) is 3.43. The Labute approximate surface area is 278 Å². The number of benzene rings is 4. The lowest BCUT2D eigenvalue weighted by Gasteiger charge is -2.15. The number of hydrogen-bond acceptors (Lipinski definition) is 10. The summed E-state index contributed by atoms with van der Waals surface area (Å²) in [6, 6.07) is 17.4. The number of methoxy groups -OCH3 is 3. The van der Waals surface area contributed by atoms with Crippen LogP contribution < -0.4 is 29.7 Å². The number of non-ortho nitro benzene ring substituents is 1. The second-order valence-electron chi connectivity index (χ2n) is 9.15. The molecular weight excluding hydrogens is 732 g/mol. The van der Waals surface area contributed by atoms with Crippen LogP contribution in [0.4, 0.5) is 11.4 Å². The average Bonchev–Trinajstić information content (AvgIpc) is 3.05. The van der Waals surface area contributed by atoms with Gasteiger partial charge in [0.1, 0.15) is 0 Å². The molecule has 0 aliphatic rings. The molecule has 0 aliphatic carbocycles. The van der Waals surface area contributed by atoms with Gasteiger partial charge in [0.25, 0.3) is 17.5 Å². The third kappa shape index (κ3) is 8.05. The number of carbonyl (C=O) groups excluding carboxylic acids is 3. The average molecular weight is 756 g/mol. The van der Waals surface area contributed by atoms with Crippen LogP contribution in [0.3, 0.4) is 0 Å². The van der Waals surface area contributed by atoms with Gasteiger partial charge in [-0.3, -0.25) is 19.7 Å². The van der Waals surface area contributed by atoms with Gasteiger partial charge >= 0.3 is 5.97 Å². The first-order chi connectivity index (χ1) is 22.0. The molecule has 4 aromatic rings. The number of esters is 1. The Morgan fingerprint density at radius 1 is 0.804 bits per heavy atom. The van der Waals surface area contributed by atoms with Crippen molar-refractivity contribution >= 4 is 67.2 Å². The zero-order valence-corrected chi connectivity index (χ0v) is 27.5. The Balaban J connectivity index is 1.48. The Morgan fingerprint density at radius 2 is 1.48 bits per heavy atom. The van der Waals surface area contributed by atoms with Gasteiger partial charge in [0, 0.05) is 39.0 Å². The summed E-state index contributed by atoms with van der Waals surface area (Å²) in [4.78, 5) is 48.9. The first-order valence-corrected chi connectivity index (χ1v) is 14.6. The van der Waals surface area contributed by atoms with Crippen molar-refractivity contribution in [3.8, 4) is 23.0 Å². The highest BCUT2D eigenvalue weighted by Gasteiger charge is 2.21. The second kappa shape index (κ2) is 15.1. The number of nitrogens with one attached hydrogen (secondary N) is 2. The summed E-state index contributed by atoms with van der Waals surface area (Å²) in [7, 11) is 4.30. The molecule has 0 aromatic heterocycles. The van der Waals surface area contributed by atoms with Crippen molar-refractivity contribution in [2.75, 3.05) is 26.6 Å². The maximum absolute atomic E-state index is 13.2. The van der Waals surface area contributed by atoms with Gasteiger partial charge < -0.3 is 24.3 Å². The lowest BCUT2D eigenvalue weighted by molar-refractivity contribution is -0.384. The first-order valence-electron chi connectivity index (χ1n) is 13.0. The van der Waals surface area contributed by atoms with E-state index in [1.54, 1.807) is 24.3 Å². The van der Waals surface area contributed by atoms with Crippen molar-refractivity contribution in [1.82, 2.24) is 5.43 Å². The molecule has 2 amide bonds. The zero-order valence-electron chi connectivity index (χ0n) is 24.3. The topological polar surface area (TPSA) is 168 Å². The van der Waals surface area contributed by atoms with E-state index >= 15 is 0 Å². The largest absolute Gasteiger partial charge is 0.493 e. The molecule has 15 heteroatoms. The molecule has 2 N–H and O–H groups in total. The van der Waals surface area contributed by atoms with E-state index in [-0.39, 0.29) is 39.6 Å². The molecular formula is C31H24Br2N4O9. The maximum atomic E-state index is 13.2. The molecule has 0 fully saturated rings. The minimum atomic E-state index is -0.728. The third-order valence-electron chi connectivity index (χ3n) is 6.22. The van der Waals surface area contributed by atoms with Crippen molar-refractivity contribution in [2.24, 2.45) is 5.10 Å². The van der Waals surface area contributed by atoms with Crippen molar-refractivity contribution in [3.63, 3.8) is 0 Å². The van der Waals surface area contributed by atoms with Gasteiger partial charge in [0.2, 0.25) is 5.75 Å². The van der Waals surface area contributed by atoms with Gasteiger partial charge in [0.15, 0.2) is 17.2 Å². The van der Waals surface area contributed by atoms with E-state index in [2.05, 4.69) is 47.7 Å². The van der Waals surface area contributed by atoms with E-state index in [9.17, 15) is 24.5 Å². The number of ether oxygens (including phenoxy) is 4. The Morgan fingerprint density at radius 3 is 2.09 bits per heavy atom.